The molecule has 2 aliphatic carbocycles. The number of nitrogens with zero attached hydrogens (tertiary/aromatic N) is 6. The molecule has 0 spiro atoms. The van der Waals surface area contributed by atoms with Gasteiger partial charge < -0.3 is 10.6 Å². The Morgan fingerprint density at radius 2 is 1.79 bits per heavy atom. The largest absolute Gasteiger partial charge is 0.367 e. The minimum absolute atomic E-state index is 0.130. The van der Waals surface area contributed by atoms with Crippen molar-refractivity contribution in [2.24, 2.45) is 0 Å². The molecule has 2 atom stereocenters. The van der Waals surface area contributed by atoms with Gasteiger partial charge in [-0.3, -0.25) is 9.36 Å². The summed E-state index contributed by atoms with van der Waals surface area (Å²) in [5.74, 6) is 1.97. The molecule has 0 amide bonds. The van der Waals surface area contributed by atoms with Gasteiger partial charge in [-0.2, -0.15) is 0 Å². The standard InChI is InChI=1S/C20H22N8O/c29-19-7-8-21-12-28(19)16-5-6-18(22-10-16)24-14-3-4-15(9-14)25-20-23-11-17(26-27-20)13-1-2-13/h5-8,10-15H,1-4,9H2,(H,22,24)(H,23,25,27)/t14-,15-/m0/s1. The molecule has 0 bridgehead atoms. The molecular weight excluding hydrogens is 368 g/mol. The molecule has 2 N–H and O–H groups in total. The average molecular weight is 390 g/mol. The summed E-state index contributed by atoms with van der Waals surface area (Å²) in [5, 5.41) is 15.4. The molecule has 9 nitrogen and oxygen atoms in total. The molecule has 2 fully saturated rings. The third kappa shape index (κ3) is 4.08. The van der Waals surface area contributed by atoms with Crippen LogP contribution >= 0.6 is 0 Å². The minimum Gasteiger partial charge on any atom is -0.367 e. The van der Waals surface area contributed by atoms with Crippen LogP contribution in [0.2, 0.25) is 0 Å². The van der Waals surface area contributed by atoms with Crippen molar-refractivity contribution in [2.45, 2.75) is 50.1 Å². The van der Waals surface area contributed by atoms with E-state index in [0.29, 0.717) is 29.6 Å². The molecule has 2 aliphatic rings. The van der Waals surface area contributed by atoms with Crippen LogP contribution in [0.5, 0.6) is 0 Å². The first kappa shape index (κ1) is 17.7. The summed E-state index contributed by atoms with van der Waals surface area (Å²) < 4.78 is 1.47. The molecule has 148 valence electrons. The zero-order valence-electron chi connectivity index (χ0n) is 15.9. The van der Waals surface area contributed by atoms with E-state index in [1.807, 2.05) is 18.3 Å². The first-order valence-corrected chi connectivity index (χ1v) is 9.96. The van der Waals surface area contributed by atoms with E-state index in [2.05, 4.69) is 35.8 Å². The van der Waals surface area contributed by atoms with Gasteiger partial charge in [0.05, 0.1) is 23.8 Å². The molecule has 0 radical (unpaired) electrons. The topological polar surface area (TPSA) is 111 Å². The fourth-order valence-electron chi connectivity index (χ4n) is 3.71. The number of anilines is 2. The van der Waals surface area contributed by atoms with E-state index >= 15 is 0 Å². The second-order valence-corrected chi connectivity index (χ2v) is 7.67. The summed E-state index contributed by atoms with van der Waals surface area (Å²) in [7, 11) is 0. The van der Waals surface area contributed by atoms with Crippen molar-refractivity contribution in [1.82, 2.24) is 29.7 Å². The molecule has 0 unspecified atom stereocenters. The lowest BCUT2D eigenvalue weighted by atomic mass is 10.2. The van der Waals surface area contributed by atoms with E-state index in [1.165, 1.54) is 36.0 Å². The van der Waals surface area contributed by atoms with Gasteiger partial charge in [0.1, 0.15) is 12.1 Å². The third-order valence-electron chi connectivity index (χ3n) is 5.44. The van der Waals surface area contributed by atoms with E-state index < -0.39 is 0 Å². The molecule has 3 aromatic heterocycles. The Hall–Kier alpha value is -3.36. The Balaban J connectivity index is 1.16. The van der Waals surface area contributed by atoms with Crippen LogP contribution < -0.4 is 16.2 Å². The smallest absolute Gasteiger partial charge is 0.257 e. The number of hydrogen-bond donors (Lipinski definition) is 2. The SMILES string of the molecule is O=c1ccncn1-c1ccc(N[C@H]2CC[C@H](Nc3ncc(C4CC4)nn3)C2)nc1. The van der Waals surface area contributed by atoms with Crippen molar-refractivity contribution in [3.63, 3.8) is 0 Å². The molecule has 3 heterocycles. The lowest BCUT2D eigenvalue weighted by Crippen LogP contribution is -2.22. The van der Waals surface area contributed by atoms with Crippen LogP contribution in [0.3, 0.4) is 0 Å². The van der Waals surface area contributed by atoms with Gasteiger partial charge in [0.15, 0.2) is 0 Å². The van der Waals surface area contributed by atoms with Crippen LogP contribution in [-0.4, -0.2) is 41.8 Å². The third-order valence-corrected chi connectivity index (χ3v) is 5.44. The molecule has 5 rings (SSSR count). The summed E-state index contributed by atoms with van der Waals surface area (Å²) in [6.45, 7) is 0. The van der Waals surface area contributed by atoms with Crippen molar-refractivity contribution >= 4 is 11.8 Å². The average Bonchev–Trinajstić information content (AvgIpc) is 3.51. The molecule has 0 saturated heterocycles. The van der Waals surface area contributed by atoms with Crippen LogP contribution in [0.4, 0.5) is 11.8 Å². The Kier molecular flexibility index (Phi) is 4.63. The lowest BCUT2D eigenvalue weighted by Gasteiger charge is -2.15. The van der Waals surface area contributed by atoms with Crippen molar-refractivity contribution in [2.75, 3.05) is 10.6 Å². The molecular formula is C20H22N8O. The zero-order chi connectivity index (χ0) is 19.6. The van der Waals surface area contributed by atoms with E-state index in [1.54, 1.807) is 6.20 Å². The second kappa shape index (κ2) is 7.57. The van der Waals surface area contributed by atoms with Crippen molar-refractivity contribution in [3.05, 3.63) is 59.2 Å². The van der Waals surface area contributed by atoms with E-state index in [0.717, 1.165) is 30.8 Å². The normalized spacial score (nSPS) is 21.1. The lowest BCUT2D eigenvalue weighted by molar-refractivity contribution is 0.710. The molecule has 2 saturated carbocycles. The fraction of sp³-hybridized carbons (Fsp3) is 0.400. The molecule has 3 aromatic rings. The highest BCUT2D eigenvalue weighted by molar-refractivity contribution is 5.42. The van der Waals surface area contributed by atoms with Crippen molar-refractivity contribution < 1.29 is 0 Å². The van der Waals surface area contributed by atoms with Crippen molar-refractivity contribution in [1.29, 1.82) is 0 Å². The highest BCUT2D eigenvalue weighted by Crippen LogP contribution is 2.38. The number of aromatic nitrogens is 6. The highest BCUT2D eigenvalue weighted by atomic mass is 16.1. The Labute approximate surface area is 167 Å². The van der Waals surface area contributed by atoms with Gasteiger partial charge in [-0.05, 0) is 44.2 Å². The van der Waals surface area contributed by atoms with E-state index in [9.17, 15) is 4.79 Å². The molecule has 9 heteroatoms. The first-order valence-electron chi connectivity index (χ1n) is 9.96. The summed E-state index contributed by atoms with van der Waals surface area (Å²) in [6, 6.07) is 5.82. The quantitative estimate of drug-likeness (QED) is 0.659. The highest BCUT2D eigenvalue weighted by Gasteiger charge is 2.27. The first-order chi connectivity index (χ1) is 14.2. The summed E-state index contributed by atoms with van der Waals surface area (Å²) in [5.41, 5.74) is 1.57. The van der Waals surface area contributed by atoms with Gasteiger partial charge in [-0.25, -0.2) is 15.0 Å². The molecule has 29 heavy (non-hydrogen) atoms. The van der Waals surface area contributed by atoms with Crippen LogP contribution in [0.25, 0.3) is 5.69 Å². The van der Waals surface area contributed by atoms with Gasteiger partial charge in [-0.1, -0.05) is 0 Å². The minimum atomic E-state index is -0.130. The Morgan fingerprint density at radius 3 is 2.48 bits per heavy atom. The monoisotopic (exact) mass is 390 g/mol. The number of rotatable bonds is 6. The predicted molar refractivity (Wildman–Crippen MR) is 108 cm³/mol. The number of pyridine rings is 1. The van der Waals surface area contributed by atoms with E-state index in [4.69, 9.17) is 0 Å². The predicted octanol–water partition coefficient (Wildman–Crippen LogP) is 2.13. The van der Waals surface area contributed by atoms with Gasteiger partial charge in [0, 0.05) is 30.3 Å². The second-order valence-electron chi connectivity index (χ2n) is 7.67. The van der Waals surface area contributed by atoms with Gasteiger partial charge in [0.25, 0.3) is 5.56 Å². The van der Waals surface area contributed by atoms with Gasteiger partial charge in [-0.15, -0.1) is 10.2 Å². The van der Waals surface area contributed by atoms with Crippen LogP contribution in [0.1, 0.15) is 43.7 Å². The summed E-state index contributed by atoms with van der Waals surface area (Å²) >= 11 is 0. The van der Waals surface area contributed by atoms with Crippen molar-refractivity contribution in [3.8, 4) is 5.69 Å². The maximum Gasteiger partial charge on any atom is 0.257 e. The Bertz CT molecular complexity index is 1030. The fourth-order valence-corrected chi connectivity index (χ4v) is 3.71. The number of nitrogens with one attached hydrogen (secondary N) is 2. The number of hydrogen-bond acceptors (Lipinski definition) is 8. The van der Waals surface area contributed by atoms with Crippen LogP contribution in [0, 0.1) is 0 Å². The maximum absolute atomic E-state index is 11.9. The summed E-state index contributed by atoms with van der Waals surface area (Å²) in [6.07, 6.45) is 11.9. The van der Waals surface area contributed by atoms with E-state index in [-0.39, 0.29) is 5.56 Å². The maximum atomic E-state index is 11.9. The van der Waals surface area contributed by atoms with Gasteiger partial charge in [0.2, 0.25) is 5.95 Å². The zero-order valence-corrected chi connectivity index (χ0v) is 15.9. The van der Waals surface area contributed by atoms with Crippen LogP contribution in [0.15, 0.2) is 47.9 Å². The van der Waals surface area contributed by atoms with Gasteiger partial charge >= 0.3 is 0 Å². The van der Waals surface area contributed by atoms with Crippen LogP contribution in [-0.2, 0) is 0 Å². The summed E-state index contributed by atoms with van der Waals surface area (Å²) in [4.78, 5) is 24.7. The molecule has 0 aromatic carbocycles. The molecule has 0 aliphatic heterocycles. The Morgan fingerprint density at radius 1 is 0.931 bits per heavy atom.